The number of pyridine rings is 1. The summed E-state index contributed by atoms with van der Waals surface area (Å²) in [7, 11) is 0. The molecule has 0 bridgehead atoms. The van der Waals surface area contributed by atoms with Gasteiger partial charge in [0.15, 0.2) is 6.10 Å². The number of carboxylic acids is 1. The smallest absolute Gasteiger partial charge is 0.337 e. The van der Waals surface area contributed by atoms with Gasteiger partial charge in [-0.3, -0.25) is 4.98 Å². The molecule has 1 aliphatic heterocycles. The second-order valence-corrected chi connectivity index (χ2v) is 9.43. The van der Waals surface area contributed by atoms with Gasteiger partial charge in [0.1, 0.15) is 0 Å². The molecule has 1 fully saturated rings. The van der Waals surface area contributed by atoms with Crippen LogP contribution in [0.25, 0.3) is 0 Å². The highest BCUT2D eigenvalue weighted by Crippen LogP contribution is 2.41. The van der Waals surface area contributed by atoms with Crippen molar-refractivity contribution >= 4 is 27.6 Å². The second-order valence-electron chi connectivity index (χ2n) is 8.57. The van der Waals surface area contributed by atoms with Crippen LogP contribution >= 0.6 is 15.9 Å². The molecule has 0 aliphatic carbocycles. The van der Waals surface area contributed by atoms with Crippen molar-refractivity contribution in [1.29, 1.82) is 0 Å². The van der Waals surface area contributed by atoms with Crippen LogP contribution < -0.4 is 4.90 Å². The molecular weight excluding hydrogens is 400 g/mol. The summed E-state index contributed by atoms with van der Waals surface area (Å²) < 4.78 is 6.57. The topological polar surface area (TPSA) is 82.9 Å². The lowest BCUT2D eigenvalue weighted by atomic mass is 9.82. The minimum atomic E-state index is -1.20. The molecule has 146 valence electrons. The van der Waals surface area contributed by atoms with E-state index in [-0.39, 0.29) is 12.0 Å². The number of hydrogen-bond acceptors (Lipinski definition) is 5. The predicted octanol–water partition coefficient (Wildman–Crippen LogP) is 3.90. The number of aliphatic hydroxyl groups is 1. The van der Waals surface area contributed by atoms with Crippen LogP contribution in [0.2, 0.25) is 0 Å². The molecule has 2 rings (SSSR count). The number of carbonyl (C=O) groups is 1. The molecule has 2 heterocycles. The van der Waals surface area contributed by atoms with Crippen molar-refractivity contribution in [2.75, 3.05) is 18.0 Å². The Morgan fingerprint density at radius 1 is 1.38 bits per heavy atom. The summed E-state index contributed by atoms with van der Waals surface area (Å²) in [5.74, 6) is -1.09. The van der Waals surface area contributed by atoms with Gasteiger partial charge in [0.25, 0.3) is 0 Å². The van der Waals surface area contributed by atoms with Gasteiger partial charge in [-0.1, -0.05) is 13.8 Å². The van der Waals surface area contributed by atoms with Crippen molar-refractivity contribution in [3.8, 4) is 0 Å². The molecule has 1 aliphatic rings. The quantitative estimate of drug-likeness (QED) is 0.739. The number of aliphatic carboxylic acids is 1. The first-order valence-electron chi connectivity index (χ1n) is 8.89. The van der Waals surface area contributed by atoms with E-state index in [1.165, 1.54) is 0 Å². The third kappa shape index (κ3) is 4.96. The molecule has 26 heavy (non-hydrogen) atoms. The molecule has 1 aromatic rings. The molecule has 6 nitrogen and oxygen atoms in total. The highest BCUT2D eigenvalue weighted by Gasteiger charge is 2.35. The third-order valence-corrected chi connectivity index (χ3v) is 5.25. The first-order valence-corrected chi connectivity index (χ1v) is 9.68. The van der Waals surface area contributed by atoms with Crippen LogP contribution in [0.5, 0.6) is 0 Å². The molecule has 2 N–H and O–H groups in total. The van der Waals surface area contributed by atoms with Crippen molar-refractivity contribution < 1.29 is 19.7 Å². The van der Waals surface area contributed by atoms with Gasteiger partial charge in [0.05, 0.1) is 28.1 Å². The number of halogens is 1. The number of ether oxygens (including phenoxy) is 1. The van der Waals surface area contributed by atoms with Crippen molar-refractivity contribution in [2.45, 2.75) is 65.8 Å². The fourth-order valence-electron chi connectivity index (χ4n) is 3.18. The maximum Gasteiger partial charge on any atom is 0.337 e. The summed E-state index contributed by atoms with van der Waals surface area (Å²) in [5.41, 5.74) is 1.15. The van der Waals surface area contributed by atoms with Crippen molar-refractivity contribution in [3.05, 3.63) is 21.9 Å². The average molecular weight is 429 g/mol. The molecule has 0 unspecified atom stereocenters. The van der Waals surface area contributed by atoms with E-state index in [0.29, 0.717) is 15.7 Å². The van der Waals surface area contributed by atoms with E-state index in [1.807, 2.05) is 20.8 Å². The Hall–Kier alpha value is -1.18. The molecular formula is C19H29BrN2O4. The number of rotatable bonds is 5. The standard InChI is InChI=1S/C19H29BrN2O4/c1-18(2,3)26-16(17(24)25)14-13(11-23)21-10-12(20)15(14)22-8-6-19(4,5)7-9-22/h10,16,23H,6-9,11H2,1-5H3,(H,24,25)/t16-/m0/s1. The first kappa shape index (κ1) is 21.1. The average Bonchev–Trinajstić information content (AvgIpc) is 2.52. The van der Waals surface area contributed by atoms with Gasteiger partial charge >= 0.3 is 5.97 Å². The lowest BCUT2D eigenvalue weighted by Crippen LogP contribution is -2.39. The maximum atomic E-state index is 12.0. The minimum absolute atomic E-state index is 0.268. The third-order valence-electron chi connectivity index (χ3n) is 4.67. The van der Waals surface area contributed by atoms with E-state index in [2.05, 4.69) is 39.7 Å². The Balaban J connectivity index is 2.55. The fraction of sp³-hybridized carbons (Fsp3) is 0.684. The Morgan fingerprint density at radius 3 is 2.42 bits per heavy atom. The minimum Gasteiger partial charge on any atom is -0.479 e. The summed E-state index contributed by atoms with van der Waals surface area (Å²) >= 11 is 3.54. The largest absolute Gasteiger partial charge is 0.479 e. The van der Waals surface area contributed by atoms with Crippen LogP contribution in [0, 0.1) is 5.41 Å². The van der Waals surface area contributed by atoms with Crippen LogP contribution in [-0.2, 0) is 16.1 Å². The Labute approximate surface area is 163 Å². The van der Waals surface area contributed by atoms with E-state index in [4.69, 9.17) is 4.74 Å². The normalized spacial score (nSPS) is 18.7. The number of nitrogens with zero attached hydrogens (tertiary/aromatic N) is 2. The second kappa shape index (κ2) is 7.82. The van der Waals surface area contributed by atoms with Crippen LogP contribution in [0.1, 0.15) is 64.8 Å². The molecule has 0 aromatic carbocycles. The molecule has 0 saturated carbocycles. The number of aliphatic hydroxyl groups excluding tert-OH is 1. The molecule has 1 aromatic heterocycles. The van der Waals surface area contributed by atoms with E-state index in [1.54, 1.807) is 6.20 Å². The van der Waals surface area contributed by atoms with Crippen LogP contribution in [-0.4, -0.2) is 39.9 Å². The SMILES string of the molecule is CC1(C)CCN(c2c(Br)cnc(CO)c2[C@H](OC(C)(C)C)C(=O)O)CC1. The van der Waals surface area contributed by atoms with Crippen LogP contribution in [0.15, 0.2) is 10.7 Å². The van der Waals surface area contributed by atoms with E-state index in [0.717, 1.165) is 31.6 Å². The van der Waals surface area contributed by atoms with Gasteiger partial charge in [-0.25, -0.2) is 4.79 Å². The van der Waals surface area contributed by atoms with E-state index in [9.17, 15) is 15.0 Å². The zero-order valence-corrected chi connectivity index (χ0v) is 17.8. The van der Waals surface area contributed by atoms with Gasteiger partial charge in [0.2, 0.25) is 0 Å². The van der Waals surface area contributed by atoms with Gasteiger partial charge in [-0.05, 0) is 55.0 Å². The first-order chi connectivity index (χ1) is 11.9. The Kier molecular flexibility index (Phi) is 6.36. The maximum absolute atomic E-state index is 12.0. The predicted molar refractivity (Wildman–Crippen MR) is 104 cm³/mol. The van der Waals surface area contributed by atoms with Crippen molar-refractivity contribution in [2.24, 2.45) is 5.41 Å². The highest BCUT2D eigenvalue weighted by atomic mass is 79.9. The molecule has 1 atom stereocenters. The molecule has 0 amide bonds. The summed E-state index contributed by atoms with van der Waals surface area (Å²) in [5, 5.41) is 19.6. The van der Waals surface area contributed by atoms with Gasteiger partial charge in [0, 0.05) is 24.8 Å². The van der Waals surface area contributed by atoms with Gasteiger partial charge in [-0.2, -0.15) is 0 Å². The van der Waals surface area contributed by atoms with Crippen molar-refractivity contribution in [1.82, 2.24) is 4.98 Å². The lowest BCUT2D eigenvalue weighted by molar-refractivity contribution is -0.160. The molecule has 1 saturated heterocycles. The summed E-state index contributed by atoms with van der Waals surface area (Å²) in [4.78, 5) is 18.4. The Bertz CT molecular complexity index is 660. The fourth-order valence-corrected chi connectivity index (χ4v) is 3.74. The molecule has 0 radical (unpaired) electrons. The Morgan fingerprint density at radius 2 is 1.96 bits per heavy atom. The molecule has 0 spiro atoms. The lowest BCUT2D eigenvalue weighted by Gasteiger charge is -2.40. The number of anilines is 1. The highest BCUT2D eigenvalue weighted by molar-refractivity contribution is 9.10. The number of carboxylic acid groups (broad SMARTS) is 1. The van der Waals surface area contributed by atoms with Crippen LogP contribution in [0.4, 0.5) is 5.69 Å². The number of hydrogen-bond donors (Lipinski definition) is 2. The number of aromatic nitrogens is 1. The number of piperidine rings is 1. The van der Waals surface area contributed by atoms with E-state index < -0.39 is 17.7 Å². The molecule has 7 heteroatoms. The van der Waals surface area contributed by atoms with Crippen LogP contribution in [0.3, 0.4) is 0 Å². The van der Waals surface area contributed by atoms with E-state index >= 15 is 0 Å². The van der Waals surface area contributed by atoms with Gasteiger partial charge in [-0.15, -0.1) is 0 Å². The van der Waals surface area contributed by atoms with Crippen molar-refractivity contribution in [3.63, 3.8) is 0 Å². The monoisotopic (exact) mass is 428 g/mol. The zero-order chi connectivity index (χ0) is 19.7. The zero-order valence-electron chi connectivity index (χ0n) is 16.2. The summed E-state index contributed by atoms with van der Waals surface area (Å²) in [6.07, 6.45) is 2.44. The van der Waals surface area contributed by atoms with Gasteiger partial charge < -0.3 is 19.8 Å². The summed E-state index contributed by atoms with van der Waals surface area (Å²) in [6, 6.07) is 0. The summed E-state index contributed by atoms with van der Waals surface area (Å²) in [6.45, 7) is 11.2.